The number of Topliss-reactive ketones (excluding diaryl/α,β-unsaturated/α-hetero) is 3. The molecule has 3 nitrogen and oxygen atoms in total. The van der Waals surface area contributed by atoms with Gasteiger partial charge in [-0.25, -0.2) is 0 Å². The first-order valence-corrected chi connectivity index (χ1v) is 7.16. The van der Waals surface area contributed by atoms with Crippen LogP contribution in [0.5, 0.6) is 0 Å². The predicted molar refractivity (Wildman–Crippen MR) is 72.5 cm³/mol. The zero-order chi connectivity index (χ0) is 14.0. The number of ketones is 3. The SMILES string of the molecule is CCCCCC(=O)C(C(=O)CCC)C(=O)CCC. The first kappa shape index (κ1) is 17.0. The third-order valence-corrected chi connectivity index (χ3v) is 2.99. The van der Waals surface area contributed by atoms with E-state index in [9.17, 15) is 14.4 Å². The van der Waals surface area contributed by atoms with E-state index in [1.807, 2.05) is 13.8 Å². The van der Waals surface area contributed by atoms with E-state index in [0.717, 1.165) is 19.3 Å². The summed E-state index contributed by atoms with van der Waals surface area (Å²) in [5, 5.41) is 0. The van der Waals surface area contributed by atoms with Crippen LogP contribution in [0, 0.1) is 5.92 Å². The molecule has 0 radical (unpaired) electrons. The Morgan fingerprint density at radius 2 is 1.11 bits per heavy atom. The Morgan fingerprint density at radius 3 is 1.50 bits per heavy atom. The molecule has 0 N–H and O–H groups in total. The van der Waals surface area contributed by atoms with Gasteiger partial charge in [0.1, 0.15) is 5.92 Å². The van der Waals surface area contributed by atoms with Gasteiger partial charge in [-0.3, -0.25) is 14.4 Å². The maximum absolute atomic E-state index is 12.0. The van der Waals surface area contributed by atoms with Crippen LogP contribution in [0.25, 0.3) is 0 Å². The minimum atomic E-state index is -0.971. The van der Waals surface area contributed by atoms with Crippen LogP contribution in [0.15, 0.2) is 0 Å². The highest BCUT2D eigenvalue weighted by Crippen LogP contribution is 2.15. The maximum atomic E-state index is 12.0. The zero-order valence-electron chi connectivity index (χ0n) is 12.0. The maximum Gasteiger partial charge on any atom is 0.150 e. The van der Waals surface area contributed by atoms with Gasteiger partial charge >= 0.3 is 0 Å². The van der Waals surface area contributed by atoms with Crippen LogP contribution in [-0.2, 0) is 14.4 Å². The number of carbonyl (C=O) groups excluding carboxylic acids is 3. The van der Waals surface area contributed by atoms with Crippen LogP contribution in [0.2, 0.25) is 0 Å². The summed E-state index contributed by atoms with van der Waals surface area (Å²) in [5.74, 6) is -1.50. The lowest BCUT2D eigenvalue weighted by Crippen LogP contribution is -2.31. The first-order chi connectivity index (χ1) is 8.58. The van der Waals surface area contributed by atoms with Gasteiger partial charge in [0, 0.05) is 19.3 Å². The molecule has 0 aromatic heterocycles. The van der Waals surface area contributed by atoms with E-state index in [2.05, 4.69) is 6.92 Å². The summed E-state index contributed by atoms with van der Waals surface area (Å²) in [6, 6.07) is 0. The van der Waals surface area contributed by atoms with Crippen LogP contribution >= 0.6 is 0 Å². The van der Waals surface area contributed by atoms with Crippen LogP contribution in [0.3, 0.4) is 0 Å². The molecule has 0 aromatic rings. The second-order valence-electron chi connectivity index (χ2n) is 4.79. The molecule has 0 saturated heterocycles. The number of unbranched alkanes of at least 4 members (excludes halogenated alkanes) is 2. The third kappa shape index (κ3) is 6.08. The number of hydrogen-bond acceptors (Lipinski definition) is 3. The van der Waals surface area contributed by atoms with Crippen molar-refractivity contribution in [2.45, 2.75) is 72.1 Å². The Kier molecular flexibility index (Phi) is 9.43. The minimum Gasteiger partial charge on any atom is -0.298 e. The van der Waals surface area contributed by atoms with Gasteiger partial charge in [0.15, 0.2) is 17.3 Å². The van der Waals surface area contributed by atoms with Crippen molar-refractivity contribution in [2.75, 3.05) is 0 Å². The first-order valence-electron chi connectivity index (χ1n) is 7.16. The summed E-state index contributed by atoms with van der Waals surface area (Å²) < 4.78 is 0. The van der Waals surface area contributed by atoms with Gasteiger partial charge in [-0.05, 0) is 19.3 Å². The lowest BCUT2D eigenvalue weighted by molar-refractivity contribution is -0.140. The Morgan fingerprint density at radius 1 is 0.667 bits per heavy atom. The molecule has 0 amide bonds. The number of rotatable bonds is 11. The Hall–Kier alpha value is -0.990. The summed E-state index contributed by atoms with van der Waals surface area (Å²) in [6.45, 7) is 5.84. The van der Waals surface area contributed by atoms with E-state index in [1.54, 1.807) is 0 Å². The van der Waals surface area contributed by atoms with E-state index in [0.29, 0.717) is 32.1 Å². The summed E-state index contributed by atoms with van der Waals surface area (Å²) >= 11 is 0. The molecule has 0 aliphatic carbocycles. The summed E-state index contributed by atoms with van der Waals surface area (Å²) in [7, 11) is 0. The summed E-state index contributed by atoms with van der Waals surface area (Å²) in [6.07, 6.45) is 5.20. The highest BCUT2D eigenvalue weighted by molar-refractivity contribution is 6.19. The van der Waals surface area contributed by atoms with Crippen molar-refractivity contribution >= 4 is 17.3 Å². The molecule has 0 unspecified atom stereocenters. The molecule has 104 valence electrons. The molecule has 0 aromatic carbocycles. The average molecular weight is 254 g/mol. The minimum absolute atomic E-state index is 0.166. The second-order valence-corrected chi connectivity index (χ2v) is 4.79. The second kappa shape index (κ2) is 9.98. The molecule has 0 aliphatic rings. The third-order valence-electron chi connectivity index (χ3n) is 2.99. The lowest BCUT2D eigenvalue weighted by atomic mass is 9.87. The molecule has 0 rings (SSSR count). The van der Waals surface area contributed by atoms with Gasteiger partial charge in [0.25, 0.3) is 0 Å². The van der Waals surface area contributed by atoms with Gasteiger partial charge in [-0.15, -0.1) is 0 Å². The van der Waals surface area contributed by atoms with Crippen molar-refractivity contribution in [1.82, 2.24) is 0 Å². The number of hydrogen-bond donors (Lipinski definition) is 0. The molecular weight excluding hydrogens is 228 g/mol. The fourth-order valence-corrected chi connectivity index (χ4v) is 2.01. The molecule has 18 heavy (non-hydrogen) atoms. The van der Waals surface area contributed by atoms with E-state index < -0.39 is 5.92 Å². The van der Waals surface area contributed by atoms with E-state index in [1.165, 1.54) is 0 Å². The lowest BCUT2D eigenvalue weighted by Gasteiger charge is -2.13. The van der Waals surface area contributed by atoms with Crippen molar-refractivity contribution in [1.29, 1.82) is 0 Å². The largest absolute Gasteiger partial charge is 0.298 e. The topological polar surface area (TPSA) is 51.2 Å². The zero-order valence-corrected chi connectivity index (χ0v) is 12.0. The molecule has 0 bridgehead atoms. The number of carbonyl (C=O) groups is 3. The smallest absolute Gasteiger partial charge is 0.150 e. The highest BCUT2D eigenvalue weighted by Gasteiger charge is 2.31. The van der Waals surface area contributed by atoms with Crippen molar-refractivity contribution in [3.05, 3.63) is 0 Å². The molecule has 0 saturated carbocycles. The van der Waals surface area contributed by atoms with Crippen molar-refractivity contribution < 1.29 is 14.4 Å². The van der Waals surface area contributed by atoms with Gasteiger partial charge in [0.05, 0.1) is 0 Å². The monoisotopic (exact) mass is 254 g/mol. The van der Waals surface area contributed by atoms with Gasteiger partial charge in [-0.1, -0.05) is 33.6 Å². The normalized spacial score (nSPS) is 10.7. The quantitative estimate of drug-likeness (QED) is 0.419. The van der Waals surface area contributed by atoms with Gasteiger partial charge in [-0.2, -0.15) is 0 Å². The Balaban J connectivity index is 4.58. The molecule has 0 aliphatic heterocycles. The fourth-order valence-electron chi connectivity index (χ4n) is 2.01. The fraction of sp³-hybridized carbons (Fsp3) is 0.800. The van der Waals surface area contributed by atoms with E-state index in [-0.39, 0.29) is 17.3 Å². The molecule has 0 fully saturated rings. The molecule has 0 heterocycles. The molecular formula is C15H26O3. The standard InChI is InChI=1S/C15H26O3/c1-4-7-8-11-14(18)15(12(16)9-5-2)13(17)10-6-3/h15H,4-11H2,1-3H3. The highest BCUT2D eigenvalue weighted by atomic mass is 16.2. The molecule has 0 atom stereocenters. The van der Waals surface area contributed by atoms with E-state index >= 15 is 0 Å². The van der Waals surface area contributed by atoms with E-state index in [4.69, 9.17) is 0 Å². The van der Waals surface area contributed by atoms with Gasteiger partial charge in [0.2, 0.25) is 0 Å². The molecule has 3 heteroatoms. The van der Waals surface area contributed by atoms with Crippen molar-refractivity contribution in [3.8, 4) is 0 Å². The summed E-state index contributed by atoms with van der Waals surface area (Å²) in [5.41, 5.74) is 0. The van der Waals surface area contributed by atoms with Gasteiger partial charge < -0.3 is 0 Å². The summed E-state index contributed by atoms with van der Waals surface area (Å²) in [4.78, 5) is 35.8. The predicted octanol–water partition coefficient (Wildman–Crippen LogP) is 3.49. The molecule has 0 spiro atoms. The average Bonchev–Trinajstić information content (AvgIpc) is 2.30. The van der Waals surface area contributed by atoms with Crippen LogP contribution in [-0.4, -0.2) is 17.3 Å². The Bertz CT molecular complexity index is 263. The Labute approximate surface area is 110 Å². The van der Waals surface area contributed by atoms with Crippen LogP contribution < -0.4 is 0 Å². The van der Waals surface area contributed by atoms with Crippen molar-refractivity contribution in [3.63, 3.8) is 0 Å². The van der Waals surface area contributed by atoms with Crippen LogP contribution in [0.1, 0.15) is 72.1 Å². The van der Waals surface area contributed by atoms with Crippen LogP contribution in [0.4, 0.5) is 0 Å². The van der Waals surface area contributed by atoms with Crippen molar-refractivity contribution in [2.24, 2.45) is 5.92 Å².